The Kier molecular flexibility index (Phi) is 5.94. The smallest absolute Gasteiger partial charge is 0.225 e. The van der Waals surface area contributed by atoms with E-state index in [2.05, 4.69) is 5.32 Å². The topological polar surface area (TPSA) is 89.3 Å². The SMILES string of the molecule is CCCCS(=O)(=O)CCC(=O)Nc1cc(N)ccc1F. The van der Waals surface area contributed by atoms with Crippen molar-refractivity contribution in [2.45, 2.75) is 26.2 Å². The molecule has 20 heavy (non-hydrogen) atoms. The van der Waals surface area contributed by atoms with Crippen LogP contribution in [0.1, 0.15) is 26.2 Å². The second-order valence-electron chi connectivity index (χ2n) is 4.54. The minimum absolute atomic E-state index is 0.0408. The standard InChI is InChI=1S/C13H19FN2O3S/c1-2-3-7-20(18,19)8-6-13(17)16-12-9-10(15)4-5-11(12)14/h4-5,9H,2-3,6-8,15H2,1H3,(H,16,17). The average molecular weight is 302 g/mol. The maximum absolute atomic E-state index is 13.4. The van der Waals surface area contributed by atoms with Crippen LogP contribution in [-0.4, -0.2) is 25.8 Å². The Morgan fingerprint density at radius 2 is 2.05 bits per heavy atom. The third-order valence-electron chi connectivity index (χ3n) is 2.71. The molecular formula is C13H19FN2O3S. The summed E-state index contributed by atoms with van der Waals surface area (Å²) in [5.41, 5.74) is 5.76. The number of hydrogen-bond donors (Lipinski definition) is 2. The molecule has 0 atom stereocenters. The molecule has 0 spiro atoms. The number of sulfone groups is 1. The third-order valence-corrected chi connectivity index (χ3v) is 4.45. The van der Waals surface area contributed by atoms with Gasteiger partial charge in [0, 0.05) is 12.1 Å². The van der Waals surface area contributed by atoms with Gasteiger partial charge in [-0.2, -0.15) is 0 Å². The summed E-state index contributed by atoms with van der Waals surface area (Å²) in [5.74, 6) is -1.32. The zero-order chi connectivity index (χ0) is 15.2. The minimum atomic E-state index is -3.23. The number of rotatable bonds is 7. The van der Waals surface area contributed by atoms with Crippen molar-refractivity contribution < 1.29 is 17.6 Å². The number of benzene rings is 1. The maximum Gasteiger partial charge on any atom is 0.225 e. The van der Waals surface area contributed by atoms with Crippen molar-refractivity contribution in [2.24, 2.45) is 0 Å². The highest BCUT2D eigenvalue weighted by molar-refractivity contribution is 7.91. The quantitative estimate of drug-likeness (QED) is 0.753. The lowest BCUT2D eigenvalue weighted by Gasteiger charge is -2.07. The molecule has 1 amide bonds. The molecule has 112 valence electrons. The molecule has 0 aliphatic rings. The highest BCUT2D eigenvalue weighted by atomic mass is 32.2. The van der Waals surface area contributed by atoms with Gasteiger partial charge in [0.1, 0.15) is 5.82 Å². The van der Waals surface area contributed by atoms with Crippen LogP contribution in [0, 0.1) is 5.82 Å². The van der Waals surface area contributed by atoms with Crippen LogP contribution < -0.4 is 11.1 Å². The van der Waals surface area contributed by atoms with Crippen molar-refractivity contribution in [3.63, 3.8) is 0 Å². The lowest BCUT2D eigenvalue weighted by molar-refractivity contribution is -0.115. The molecule has 0 fully saturated rings. The van der Waals surface area contributed by atoms with E-state index < -0.39 is 21.6 Å². The van der Waals surface area contributed by atoms with Crippen LogP contribution in [0.15, 0.2) is 18.2 Å². The summed E-state index contributed by atoms with van der Waals surface area (Å²) in [6, 6.07) is 3.81. The van der Waals surface area contributed by atoms with E-state index in [9.17, 15) is 17.6 Å². The summed E-state index contributed by atoms with van der Waals surface area (Å²) in [7, 11) is -3.23. The zero-order valence-corrected chi connectivity index (χ0v) is 12.2. The number of nitrogen functional groups attached to an aromatic ring is 1. The van der Waals surface area contributed by atoms with E-state index in [1.165, 1.54) is 12.1 Å². The van der Waals surface area contributed by atoms with Crippen molar-refractivity contribution in [2.75, 3.05) is 22.6 Å². The summed E-state index contributed by atoms with van der Waals surface area (Å²) in [4.78, 5) is 11.6. The maximum atomic E-state index is 13.4. The van der Waals surface area contributed by atoms with Gasteiger partial charge in [-0.25, -0.2) is 12.8 Å². The molecule has 3 N–H and O–H groups in total. The molecule has 0 heterocycles. The van der Waals surface area contributed by atoms with Gasteiger partial charge >= 0.3 is 0 Å². The Hall–Kier alpha value is -1.63. The van der Waals surface area contributed by atoms with Gasteiger partial charge in [-0.3, -0.25) is 4.79 Å². The van der Waals surface area contributed by atoms with Gasteiger partial charge in [-0.1, -0.05) is 13.3 Å². The van der Waals surface area contributed by atoms with Gasteiger partial charge in [0.25, 0.3) is 0 Å². The van der Waals surface area contributed by atoms with E-state index >= 15 is 0 Å². The van der Waals surface area contributed by atoms with Crippen molar-refractivity contribution in [3.05, 3.63) is 24.0 Å². The second-order valence-corrected chi connectivity index (χ2v) is 6.85. The first kappa shape index (κ1) is 16.4. The summed E-state index contributed by atoms with van der Waals surface area (Å²) in [6.07, 6.45) is 1.16. The monoisotopic (exact) mass is 302 g/mol. The molecular weight excluding hydrogens is 283 g/mol. The number of carbonyl (C=O) groups is 1. The Balaban J connectivity index is 2.54. The van der Waals surface area contributed by atoms with Gasteiger partial charge in [-0.15, -0.1) is 0 Å². The lowest BCUT2D eigenvalue weighted by Crippen LogP contribution is -2.19. The average Bonchev–Trinajstić information content (AvgIpc) is 2.39. The Bertz CT molecular complexity index is 573. The van der Waals surface area contributed by atoms with Crippen LogP contribution in [0.3, 0.4) is 0 Å². The van der Waals surface area contributed by atoms with Gasteiger partial charge in [0.15, 0.2) is 9.84 Å². The molecule has 0 unspecified atom stereocenters. The van der Waals surface area contributed by atoms with Gasteiger partial charge in [0.2, 0.25) is 5.91 Å². The highest BCUT2D eigenvalue weighted by Crippen LogP contribution is 2.17. The predicted octanol–water partition coefficient (Wildman–Crippen LogP) is 1.95. The molecule has 7 heteroatoms. The van der Waals surface area contributed by atoms with Crippen LogP contribution in [0.2, 0.25) is 0 Å². The molecule has 5 nitrogen and oxygen atoms in total. The summed E-state index contributed by atoms with van der Waals surface area (Å²) in [6.45, 7) is 1.89. The fourth-order valence-corrected chi connectivity index (χ4v) is 2.99. The van der Waals surface area contributed by atoms with E-state index in [1.807, 2.05) is 6.92 Å². The number of nitrogens with one attached hydrogen (secondary N) is 1. The summed E-state index contributed by atoms with van der Waals surface area (Å²) in [5, 5.41) is 2.32. The normalized spacial score (nSPS) is 11.3. The number of unbranched alkanes of at least 4 members (excludes halogenated alkanes) is 1. The van der Waals surface area contributed by atoms with Crippen LogP contribution in [-0.2, 0) is 14.6 Å². The van der Waals surface area contributed by atoms with Crippen LogP contribution in [0.4, 0.5) is 15.8 Å². The molecule has 1 aromatic carbocycles. The largest absolute Gasteiger partial charge is 0.399 e. The molecule has 1 rings (SSSR count). The molecule has 0 bridgehead atoms. The number of carbonyl (C=O) groups excluding carboxylic acids is 1. The molecule has 0 saturated heterocycles. The molecule has 0 saturated carbocycles. The van der Waals surface area contributed by atoms with E-state index in [-0.39, 0.29) is 23.6 Å². The van der Waals surface area contributed by atoms with Crippen molar-refractivity contribution >= 4 is 27.1 Å². The molecule has 0 aliphatic heterocycles. The summed E-state index contributed by atoms with van der Waals surface area (Å²) < 4.78 is 36.6. The Labute approximate surface area is 118 Å². The number of nitrogens with two attached hydrogens (primary N) is 1. The number of halogens is 1. The summed E-state index contributed by atoms with van der Waals surface area (Å²) >= 11 is 0. The van der Waals surface area contributed by atoms with Gasteiger partial charge in [0.05, 0.1) is 17.2 Å². The fourth-order valence-electron chi connectivity index (χ4n) is 1.57. The zero-order valence-electron chi connectivity index (χ0n) is 11.4. The Morgan fingerprint density at radius 1 is 1.35 bits per heavy atom. The fraction of sp³-hybridized carbons (Fsp3) is 0.462. The predicted molar refractivity (Wildman–Crippen MR) is 77.6 cm³/mol. The lowest BCUT2D eigenvalue weighted by atomic mass is 10.2. The first-order valence-electron chi connectivity index (χ1n) is 6.39. The van der Waals surface area contributed by atoms with E-state index in [4.69, 9.17) is 5.73 Å². The second kappa shape index (κ2) is 7.23. The van der Waals surface area contributed by atoms with Crippen LogP contribution in [0.5, 0.6) is 0 Å². The van der Waals surface area contributed by atoms with E-state index in [0.29, 0.717) is 12.1 Å². The third kappa shape index (κ3) is 5.56. The van der Waals surface area contributed by atoms with Crippen molar-refractivity contribution in [1.29, 1.82) is 0 Å². The highest BCUT2D eigenvalue weighted by Gasteiger charge is 2.14. The first-order chi connectivity index (χ1) is 9.34. The van der Waals surface area contributed by atoms with Gasteiger partial charge in [-0.05, 0) is 24.6 Å². The number of hydrogen-bond acceptors (Lipinski definition) is 4. The minimum Gasteiger partial charge on any atom is -0.399 e. The number of anilines is 2. The van der Waals surface area contributed by atoms with Crippen molar-refractivity contribution in [1.82, 2.24) is 0 Å². The van der Waals surface area contributed by atoms with E-state index in [0.717, 1.165) is 12.5 Å². The molecule has 0 radical (unpaired) electrons. The van der Waals surface area contributed by atoms with E-state index in [1.54, 1.807) is 0 Å². The molecule has 0 aliphatic carbocycles. The first-order valence-corrected chi connectivity index (χ1v) is 8.21. The molecule has 1 aromatic rings. The van der Waals surface area contributed by atoms with Crippen molar-refractivity contribution in [3.8, 4) is 0 Å². The van der Waals surface area contributed by atoms with Crippen LogP contribution in [0.25, 0.3) is 0 Å². The van der Waals surface area contributed by atoms with Gasteiger partial charge < -0.3 is 11.1 Å². The van der Waals surface area contributed by atoms with Crippen LogP contribution >= 0.6 is 0 Å². The number of amides is 1. The Morgan fingerprint density at radius 3 is 2.70 bits per heavy atom. The molecule has 0 aromatic heterocycles.